The molecular weight excluding hydrogens is 124 g/mol. The Morgan fingerprint density at radius 2 is 1.90 bits per heavy atom. The fraction of sp³-hybridized carbons (Fsp3) is 0.750. The van der Waals surface area contributed by atoms with Crippen molar-refractivity contribution in [3.63, 3.8) is 0 Å². The van der Waals surface area contributed by atoms with Gasteiger partial charge in [0.1, 0.15) is 0 Å². The molecule has 0 rings (SSSR count). The third-order valence-electron chi connectivity index (χ3n) is 1.49. The Bertz CT molecular complexity index is 97.4. The zero-order valence-corrected chi connectivity index (χ0v) is 6.88. The van der Waals surface area contributed by atoms with Crippen molar-refractivity contribution >= 4 is 0 Å². The Kier molecular flexibility index (Phi) is 5.26. The summed E-state index contributed by atoms with van der Waals surface area (Å²) in [6, 6.07) is 0.212. The van der Waals surface area contributed by atoms with E-state index in [0.717, 1.165) is 12.8 Å². The highest BCUT2D eigenvalue weighted by Gasteiger charge is 2.03. The second-order valence-corrected chi connectivity index (χ2v) is 2.64. The molecule has 0 aromatic rings. The van der Waals surface area contributed by atoms with Gasteiger partial charge in [-0.3, -0.25) is 0 Å². The molecule has 0 aliphatic heterocycles. The maximum absolute atomic E-state index is 5.68. The topological polar surface area (TPSA) is 52.0 Å². The average molecular weight is 142 g/mol. The van der Waals surface area contributed by atoms with Gasteiger partial charge in [0, 0.05) is 12.1 Å². The van der Waals surface area contributed by atoms with Gasteiger partial charge in [-0.25, -0.2) is 0 Å². The summed E-state index contributed by atoms with van der Waals surface area (Å²) in [6.07, 6.45) is 6.17. The fourth-order valence-electron chi connectivity index (χ4n) is 0.635. The molecule has 10 heavy (non-hydrogen) atoms. The first-order chi connectivity index (χ1) is 4.68. The third kappa shape index (κ3) is 4.53. The summed E-state index contributed by atoms with van der Waals surface area (Å²) in [4.78, 5) is 0. The molecule has 0 radical (unpaired) electrons. The quantitative estimate of drug-likeness (QED) is 0.576. The molecule has 0 aliphatic rings. The van der Waals surface area contributed by atoms with E-state index in [4.69, 9.17) is 11.5 Å². The van der Waals surface area contributed by atoms with E-state index < -0.39 is 0 Å². The lowest BCUT2D eigenvalue weighted by Crippen LogP contribution is -2.38. The molecule has 0 saturated carbocycles. The summed E-state index contributed by atoms with van der Waals surface area (Å²) in [5, 5.41) is 0. The van der Waals surface area contributed by atoms with E-state index in [2.05, 4.69) is 19.1 Å². The van der Waals surface area contributed by atoms with Crippen LogP contribution >= 0.6 is 0 Å². The molecule has 0 saturated heterocycles. The van der Waals surface area contributed by atoms with Gasteiger partial charge in [-0.2, -0.15) is 0 Å². The zero-order chi connectivity index (χ0) is 7.98. The Labute approximate surface area is 63.3 Å². The van der Waals surface area contributed by atoms with Crippen LogP contribution in [0.25, 0.3) is 0 Å². The minimum atomic E-state index is 0.0986. The summed E-state index contributed by atoms with van der Waals surface area (Å²) >= 11 is 0. The lowest BCUT2D eigenvalue weighted by Gasteiger charge is -2.12. The first kappa shape index (κ1) is 9.66. The van der Waals surface area contributed by atoms with Crippen molar-refractivity contribution in [2.45, 2.75) is 38.8 Å². The third-order valence-corrected chi connectivity index (χ3v) is 1.49. The Morgan fingerprint density at radius 3 is 2.30 bits per heavy atom. The van der Waals surface area contributed by atoms with Gasteiger partial charge in [0.2, 0.25) is 0 Å². The molecule has 60 valence electrons. The van der Waals surface area contributed by atoms with E-state index in [1.165, 1.54) is 0 Å². The van der Waals surface area contributed by atoms with E-state index >= 15 is 0 Å². The number of allylic oxidation sites excluding steroid dienone is 1. The molecular formula is C8H18N2. The molecule has 2 atom stereocenters. The first-order valence-electron chi connectivity index (χ1n) is 3.84. The highest BCUT2D eigenvalue weighted by atomic mass is 14.8. The molecule has 0 spiro atoms. The van der Waals surface area contributed by atoms with Gasteiger partial charge in [-0.1, -0.05) is 19.1 Å². The molecule has 0 aliphatic carbocycles. The van der Waals surface area contributed by atoms with Crippen molar-refractivity contribution in [3.05, 3.63) is 12.2 Å². The lowest BCUT2D eigenvalue weighted by atomic mass is 10.1. The second kappa shape index (κ2) is 5.45. The van der Waals surface area contributed by atoms with E-state index in [9.17, 15) is 0 Å². The Balaban J connectivity index is 3.38. The molecule has 2 nitrogen and oxygen atoms in total. The van der Waals surface area contributed by atoms with Crippen molar-refractivity contribution in [3.8, 4) is 0 Å². The molecule has 0 amide bonds. The average Bonchev–Trinajstić information content (AvgIpc) is 1.88. The lowest BCUT2D eigenvalue weighted by molar-refractivity contribution is 0.565. The van der Waals surface area contributed by atoms with Gasteiger partial charge in [0.25, 0.3) is 0 Å². The number of hydrogen-bond donors (Lipinski definition) is 2. The summed E-state index contributed by atoms with van der Waals surface area (Å²) in [6.45, 7) is 4.04. The molecule has 4 N–H and O–H groups in total. The van der Waals surface area contributed by atoms with Gasteiger partial charge >= 0.3 is 0 Å². The molecule has 2 unspecified atom stereocenters. The van der Waals surface area contributed by atoms with E-state index in [0.29, 0.717) is 0 Å². The molecule has 2 heteroatoms. The van der Waals surface area contributed by atoms with E-state index in [-0.39, 0.29) is 12.1 Å². The largest absolute Gasteiger partial charge is 0.327 e. The molecule has 0 aromatic heterocycles. The fourth-order valence-corrected chi connectivity index (χ4v) is 0.635. The van der Waals surface area contributed by atoms with E-state index in [1.54, 1.807) is 0 Å². The van der Waals surface area contributed by atoms with Gasteiger partial charge in [-0.05, 0) is 19.8 Å². The van der Waals surface area contributed by atoms with Crippen molar-refractivity contribution in [2.24, 2.45) is 11.5 Å². The molecule has 0 fully saturated rings. The van der Waals surface area contributed by atoms with Crippen LogP contribution in [0.1, 0.15) is 26.7 Å². The maximum atomic E-state index is 5.68. The normalized spacial score (nSPS) is 17.6. The number of rotatable bonds is 4. The van der Waals surface area contributed by atoms with Gasteiger partial charge in [-0.15, -0.1) is 0 Å². The molecule has 0 bridgehead atoms. The van der Waals surface area contributed by atoms with Crippen LogP contribution in [0.4, 0.5) is 0 Å². The Morgan fingerprint density at radius 1 is 1.30 bits per heavy atom. The zero-order valence-electron chi connectivity index (χ0n) is 6.88. The monoisotopic (exact) mass is 142 g/mol. The van der Waals surface area contributed by atoms with Crippen molar-refractivity contribution < 1.29 is 0 Å². The Hall–Kier alpha value is -0.340. The van der Waals surface area contributed by atoms with Crippen molar-refractivity contribution in [2.75, 3.05) is 0 Å². The van der Waals surface area contributed by atoms with Crippen LogP contribution in [0.5, 0.6) is 0 Å². The smallest absolute Gasteiger partial charge is 0.0224 e. The highest BCUT2D eigenvalue weighted by Crippen LogP contribution is 1.94. The van der Waals surface area contributed by atoms with Crippen LogP contribution in [0.2, 0.25) is 0 Å². The standard InChI is InChI=1S/C8H18N2/c1-3-4-5-6-8(10)7(2)9/h4-5,7-8H,3,6,9-10H2,1-2H3. The SMILES string of the molecule is CCC=CCC(N)C(C)N. The predicted molar refractivity (Wildman–Crippen MR) is 45.7 cm³/mol. The number of hydrogen-bond acceptors (Lipinski definition) is 2. The predicted octanol–water partition coefficient (Wildman–Crippen LogP) is 1.02. The van der Waals surface area contributed by atoms with Crippen LogP contribution in [-0.4, -0.2) is 12.1 Å². The highest BCUT2D eigenvalue weighted by molar-refractivity contribution is 4.86. The van der Waals surface area contributed by atoms with Crippen LogP contribution in [-0.2, 0) is 0 Å². The summed E-state index contributed by atoms with van der Waals surface area (Å²) in [7, 11) is 0. The summed E-state index contributed by atoms with van der Waals surface area (Å²) in [5.74, 6) is 0. The van der Waals surface area contributed by atoms with Crippen molar-refractivity contribution in [1.82, 2.24) is 0 Å². The minimum Gasteiger partial charge on any atom is -0.327 e. The summed E-state index contributed by atoms with van der Waals surface area (Å²) in [5.41, 5.74) is 11.2. The summed E-state index contributed by atoms with van der Waals surface area (Å²) < 4.78 is 0. The second-order valence-electron chi connectivity index (χ2n) is 2.64. The minimum absolute atomic E-state index is 0.0986. The maximum Gasteiger partial charge on any atom is 0.0224 e. The van der Waals surface area contributed by atoms with Crippen molar-refractivity contribution in [1.29, 1.82) is 0 Å². The van der Waals surface area contributed by atoms with Crippen LogP contribution in [0, 0.1) is 0 Å². The molecule has 0 heterocycles. The van der Waals surface area contributed by atoms with Crippen LogP contribution < -0.4 is 11.5 Å². The van der Waals surface area contributed by atoms with Gasteiger partial charge < -0.3 is 11.5 Å². The first-order valence-corrected chi connectivity index (χ1v) is 3.84. The van der Waals surface area contributed by atoms with Gasteiger partial charge in [0.15, 0.2) is 0 Å². The van der Waals surface area contributed by atoms with Gasteiger partial charge in [0.05, 0.1) is 0 Å². The van der Waals surface area contributed by atoms with Crippen LogP contribution in [0.3, 0.4) is 0 Å². The number of nitrogens with two attached hydrogens (primary N) is 2. The van der Waals surface area contributed by atoms with E-state index in [1.807, 2.05) is 6.92 Å². The van der Waals surface area contributed by atoms with Crippen LogP contribution in [0.15, 0.2) is 12.2 Å². The molecule has 0 aromatic carbocycles.